The zero-order valence-electron chi connectivity index (χ0n) is 25.8. The van der Waals surface area contributed by atoms with E-state index in [0.717, 1.165) is 55.2 Å². The van der Waals surface area contributed by atoms with E-state index in [0.29, 0.717) is 31.0 Å². The number of aryl methyl sites for hydroxylation is 1. The van der Waals surface area contributed by atoms with E-state index in [2.05, 4.69) is 32.3 Å². The number of carbonyl (C=O) groups excluding carboxylic acids is 2. The number of aromatic nitrogens is 2. The highest BCUT2D eigenvalue weighted by Gasteiger charge is 2.34. The van der Waals surface area contributed by atoms with E-state index in [1.54, 1.807) is 11.7 Å². The van der Waals surface area contributed by atoms with Gasteiger partial charge in [0.05, 0.1) is 28.8 Å². The van der Waals surface area contributed by atoms with E-state index in [1.807, 2.05) is 24.4 Å². The normalized spacial score (nSPS) is 28.3. The molecule has 46 heavy (non-hydrogen) atoms. The Labute approximate surface area is 265 Å². The fourth-order valence-electron chi connectivity index (χ4n) is 7.02. The van der Waals surface area contributed by atoms with Crippen molar-refractivity contribution in [1.29, 1.82) is 0 Å². The van der Waals surface area contributed by atoms with Gasteiger partial charge in [0.2, 0.25) is 23.7 Å². The SMILES string of the molecule is Cn1nc(C2CCC(=O)NC2=O)c2cccc(C#CCO[C@H]3CCN(CC4CCC(/C=[N+]5/C=C(N)C(C(F)F)=N5)CC4)C[C@H]3F)c21. The van der Waals surface area contributed by atoms with E-state index < -0.39 is 24.6 Å². The van der Waals surface area contributed by atoms with Crippen LogP contribution in [0.25, 0.3) is 10.9 Å². The lowest BCUT2D eigenvalue weighted by Gasteiger charge is -2.37. The number of imide groups is 1. The minimum atomic E-state index is -2.69. The molecule has 1 aliphatic carbocycles. The molecule has 0 radical (unpaired) electrons. The van der Waals surface area contributed by atoms with Crippen LogP contribution in [0.5, 0.6) is 0 Å². The number of para-hydroxylation sites is 1. The van der Waals surface area contributed by atoms with Crippen LogP contribution in [-0.2, 0) is 21.4 Å². The molecule has 1 saturated carbocycles. The van der Waals surface area contributed by atoms with Crippen molar-refractivity contribution in [2.45, 2.75) is 69.6 Å². The van der Waals surface area contributed by atoms with Gasteiger partial charge in [-0.3, -0.25) is 24.5 Å². The van der Waals surface area contributed by atoms with Gasteiger partial charge >= 0.3 is 0 Å². The summed E-state index contributed by atoms with van der Waals surface area (Å²) in [5.74, 6) is 5.78. The number of alkyl halides is 3. The lowest BCUT2D eigenvalue weighted by molar-refractivity contribution is -0.456. The molecular formula is C33H39F3N7O3+. The van der Waals surface area contributed by atoms with Crippen LogP contribution in [0.1, 0.15) is 62.1 Å². The van der Waals surface area contributed by atoms with Crippen molar-refractivity contribution >= 4 is 34.6 Å². The lowest BCUT2D eigenvalue weighted by Crippen LogP contribution is -2.47. The smallest absolute Gasteiger partial charge is 0.288 e. The number of carbonyl (C=O) groups is 2. The predicted molar refractivity (Wildman–Crippen MR) is 166 cm³/mol. The first kappa shape index (κ1) is 31.9. The molecule has 4 heterocycles. The molecule has 1 aromatic carbocycles. The minimum absolute atomic E-state index is 0.00422. The molecule has 10 nitrogen and oxygen atoms in total. The first-order valence-electron chi connectivity index (χ1n) is 15.9. The maximum absolute atomic E-state index is 15.1. The number of likely N-dealkylation sites (tertiary alicyclic amines) is 1. The Kier molecular flexibility index (Phi) is 9.56. The number of nitrogens with zero attached hydrogens (tertiary/aromatic N) is 5. The van der Waals surface area contributed by atoms with Crippen LogP contribution in [0, 0.1) is 23.7 Å². The molecule has 2 saturated heterocycles. The van der Waals surface area contributed by atoms with Crippen molar-refractivity contribution in [2.24, 2.45) is 29.7 Å². The van der Waals surface area contributed by atoms with Gasteiger partial charge in [-0.1, -0.05) is 28.7 Å². The highest BCUT2D eigenvalue weighted by Crippen LogP contribution is 2.32. The molecule has 244 valence electrons. The maximum Gasteiger partial charge on any atom is 0.288 e. The third-order valence-electron chi connectivity index (χ3n) is 9.39. The molecular weight excluding hydrogens is 599 g/mol. The Hall–Kier alpha value is -4.02. The van der Waals surface area contributed by atoms with E-state index in [1.165, 1.54) is 10.9 Å². The number of hydrogen-bond acceptors (Lipinski definition) is 7. The van der Waals surface area contributed by atoms with Crippen molar-refractivity contribution < 1.29 is 32.2 Å². The van der Waals surface area contributed by atoms with Gasteiger partial charge in [0.15, 0.2) is 6.21 Å². The van der Waals surface area contributed by atoms with Crippen LogP contribution < -0.4 is 11.1 Å². The zero-order chi connectivity index (χ0) is 32.4. The molecule has 3 atom stereocenters. The molecule has 0 spiro atoms. The number of allylic oxidation sites excluding steroid dienone is 1. The van der Waals surface area contributed by atoms with Crippen LogP contribution in [0.2, 0.25) is 0 Å². The monoisotopic (exact) mass is 638 g/mol. The summed E-state index contributed by atoms with van der Waals surface area (Å²) in [6.45, 7) is 2.01. The molecule has 0 bridgehead atoms. The van der Waals surface area contributed by atoms with Crippen molar-refractivity contribution in [3.8, 4) is 11.8 Å². The molecule has 1 aromatic heterocycles. The third kappa shape index (κ3) is 7.03. The molecule has 13 heteroatoms. The average Bonchev–Trinajstić information content (AvgIpc) is 3.56. The molecule has 1 unspecified atom stereocenters. The number of hydrogen-bond donors (Lipinski definition) is 2. The van der Waals surface area contributed by atoms with Crippen molar-refractivity contribution in [3.05, 3.63) is 41.4 Å². The first-order chi connectivity index (χ1) is 22.2. The fraction of sp³-hybridized carbons (Fsp3) is 0.545. The summed E-state index contributed by atoms with van der Waals surface area (Å²) in [6.07, 6.45) is 4.12. The summed E-state index contributed by atoms with van der Waals surface area (Å²) in [4.78, 5) is 26.2. The summed E-state index contributed by atoms with van der Waals surface area (Å²) in [5, 5.41) is 11.7. The molecule has 3 fully saturated rings. The zero-order valence-corrected chi connectivity index (χ0v) is 25.8. The Balaban J connectivity index is 0.971. The summed E-state index contributed by atoms with van der Waals surface area (Å²) in [5.41, 5.74) is 7.44. The van der Waals surface area contributed by atoms with Gasteiger partial charge < -0.3 is 10.5 Å². The summed E-state index contributed by atoms with van der Waals surface area (Å²) in [7, 11) is 1.80. The number of halogens is 3. The van der Waals surface area contributed by atoms with Crippen molar-refractivity contribution in [3.63, 3.8) is 0 Å². The number of rotatable bonds is 7. The second-order valence-electron chi connectivity index (χ2n) is 12.6. The Morgan fingerprint density at radius 3 is 2.72 bits per heavy atom. The number of benzene rings is 1. The highest BCUT2D eigenvalue weighted by molar-refractivity contribution is 6.03. The van der Waals surface area contributed by atoms with Gasteiger partial charge in [-0.25, -0.2) is 13.2 Å². The van der Waals surface area contributed by atoms with Gasteiger partial charge in [-0.15, -0.1) is 0 Å². The van der Waals surface area contributed by atoms with Crippen molar-refractivity contribution in [1.82, 2.24) is 20.0 Å². The molecule has 2 amide bonds. The Morgan fingerprint density at radius 1 is 1.20 bits per heavy atom. The number of fused-ring (bicyclic) bond motifs is 1. The maximum atomic E-state index is 15.1. The van der Waals surface area contributed by atoms with Crippen LogP contribution in [0.15, 0.2) is 35.2 Å². The van der Waals surface area contributed by atoms with E-state index >= 15 is 4.39 Å². The number of ether oxygens (including phenoxy) is 1. The second kappa shape index (κ2) is 13.8. The number of amides is 2. The largest absolute Gasteiger partial charge is 0.392 e. The number of nitrogens with two attached hydrogens (primary N) is 1. The number of hydrazone groups is 1. The number of nitrogens with one attached hydrogen (secondary N) is 1. The molecule has 3 aliphatic heterocycles. The van der Waals surface area contributed by atoms with Gasteiger partial charge in [0.25, 0.3) is 6.43 Å². The first-order valence-corrected chi connectivity index (χ1v) is 15.9. The van der Waals surface area contributed by atoms with Crippen LogP contribution in [0.3, 0.4) is 0 Å². The van der Waals surface area contributed by atoms with Crippen LogP contribution in [-0.4, -0.2) is 88.0 Å². The van der Waals surface area contributed by atoms with E-state index in [9.17, 15) is 18.4 Å². The standard InChI is InChI=1S/C33H38F3N7O3/c1-41-31-22(4-2-6-23(31)29(39-41)24-11-12-28(44)38-33(24)45)5-3-15-46-27-13-14-42(18-25(27)34)16-20-7-9-21(10-8-20)17-43-19-26(37)30(40-43)32(35)36/h2,4,6,17,19-21,24-25,27,32H,7-16,18,37H2,1H3/p+1/b43-17-/t20?,21?,24?,25-,27+/m1/s1. The topological polar surface area (TPSA) is 118 Å². The quantitative estimate of drug-likeness (QED) is 0.273. The van der Waals surface area contributed by atoms with Crippen LogP contribution in [0.4, 0.5) is 13.2 Å². The summed E-state index contributed by atoms with van der Waals surface area (Å²) in [6, 6.07) is 5.65. The highest BCUT2D eigenvalue weighted by atomic mass is 19.3. The number of piperidine rings is 2. The molecule has 6 rings (SSSR count). The average molecular weight is 639 g/mol. The second-order valence-corrected chi connectivity index (χ2v) is 12.6. The van der Waals surface area contributed by atoms with Gasteiger partial charge in [0, 0.05) is 49.5 Å². The van der Waals surface area contributed by atoms with Crippen molar-refractivity contribution in [2.75, 3.05) is 26.2 Å². The Bertz CT molecular complexity index is 1650. The summed E-state index contributed by atoms with van der Waals surface area (Å²) < 4.78 is 50.1. The minimum Gasteiger partial charge on any atom is -0.392 e. The third-order valence-corrected chi connectivity index (χ3v) is 9.39. The van der Waals surface area contributed by atoms with E-state index in [4.69, 9.17) is 10.5 Å². The summed E-state index contributed by atoms with van der Waals surface area (Å²) >= 11 is 0. The van der Waals surface area contributed by atoms with Gasteiger partial charge in [0.1, 0.15) is 18.5 Å². The van der Waals surface area contributed by atoms with Crippen LogP contribution >= 0.6 is 0 Å². The molecule has 3 N–H and O–H groups in total. The Morgan fingerprint density at radius 2 is 2.00 bits per heavy atom. The lowest BCUT2D eigenvalue weighted by atomic mass is 9.82. The van der Waals surface area contributed by atoms with E-state index in [-0.39, 0.29) is 42.2 Å². The van der Waals surface area contributed by atoms with Gasteiger partial charge in [-0.05, 0) is 50.5 Å². The fourth-order valence-corrected chi connectivity index (χ4v) is 7.02. The molecule has 4 aliphatic rings. The molecule has 2 aromatic rings. The predicted octanol–water partition coefficient (Wildman–Crippen LogP) is 3.20. The van der Waals surface area contributed by atoms with Gasteiger partial charge in [-0.2, -0.15) is 5.10 Å².